The van der Waals surface area contributed by atoms with Gasteiger partial charge in [0.05, 0.1) is 29.5 Å². The Hall–Kier alpha value is -5.40. The van der Waals surface area contributed by atoms with Crippen molar-refractivity contribution >= 4 is 46.1 Å². The largest absolute Gasteiger partial charge is 0.550 e. The average molecular weight is 787 g/mol. The van der Waals surface area contributed by atoms with Crippen LogP contribution < -0.4 is 24.6 Å². The Morgan fingerprint density at radius 2 is 1.09 bits per heavy atom. The molecule has 0 N–H and O–H groups in total. The molecule has 0 aromatic heterocycles. The van der Waals surface area contributed by atoms with Gasteiger partial charge in [0.15, 0.2) is 0 Å². The Morgan fingerprint density at radius 3 is 1.56 bits per heavy atom. The quantitative estimate of drug-likeness (QED) is 0.0273. The van der Waals surface area contributed by atoms with Crippen LogP contribution in [-0.2, 0) is 9.59 Å². The van der Waals surface area contributed by atoms with Crippen LogP contribution in [0.15, 0.2) is 75.1 Å². The number of hydrogen-bond donors (Lipinski definition) is 0. The maximum atomic E-state index is 11.1. The Bertz CT molecular complexity index is 1730. The highest BCUT2D eigenvalue weighted by molar-refractivity contribution is 5.67. The Kier molecular flexibility index (Phi) is 21.3. The lowest BCUT2D eigenvalue weighted by atomic mass is 10.1. The molecular weight excluding hydrogens is 729 g/mol. The summed E-state index contributed by atoms with van der Waals surface area (Å²) in [4.78, 5) is 35.1. The smallest absolute Gasteiger partial charge is 0.269 e. The van der Waals surface area contributed by atoms with E-state index in [9.17, 15) is 29.9 Å². The van der Waals surface area contributed by atoms with Gasteiger partial charge in [-0.25, -0.2) is 0 Å². The van der Waals surface area contributed by atoms with Crippen LogP contribution in [0.4, 0.5) is 34.1 Å². The zero-order valence-corrected chi connectivity index (χ0v) is 33.8. The van der Waals surface area contributed by atoms with E-state index in [4.69, 9.17) is 9.47 Å². The number of carboxylic acids is 2. The Morgan fingerprint density at radius 1 is 0.614 bits per heavy atom. The zero-order valence-electron chi connectivity index (χ0n) is 33.8. The fourth-order valence-electron chi connectivity index (χ4n) is 6.07. The van der Waals surface area contributed by atoms with Gasteiger partial charge in [0.25, 0.3) is 5.69 Å². The Balaban J connectivity index is 1.92. The summed E-state index contributed by atoms with van der Waals surface area (Å²) in [5, 5.41) is 50.8. The second-order valence-corrected chi connectivity index (χ2v) is 14.1. The number of carbonyl (C=O) groups is 2. The fourth-order valence-corrected chi connectivity index (χ4v) is 6.07. The number of carboxylic acid groups (broad SMARTS) is 2. The molecule has 0 amide bonds. The number of aryl methyl sites for hydroxylation is 1. The number of ether oxygens (including phenoxy) is 2. The highest BCUT2D eigenvalue weighted by Crippen LogP contribution is 2.42. The van der Waals surface area contributed by atoms with Crippen LogP contribution in [0.3, 0.4) is 0 Å². The van der Waals surface area contributed by atoms with Crippen LogP contribution in [0.1, 0.15) is 122 Å². The van der Waals surface area contributed by atoms with E-state index in [1.54, 1.807) is 6.07 Å². The van der Waals surface area contributed by atoms with Crippen molar-refractivity contribution in [1.29, 1.82) is 0 Å². The molecule has 0 bridgehead atoms. The number of benzene rings is 3. The first-order valence-electron chi connectivity index (χ1n) is 20.4. The van der Waals surface area contributed by atoms with Gasteiger partial charge >= 0.3 is 0 Å². The van der Waals surface area contributed by atoms with Crippen molar-refractivity contribution in [2.75, 3.05) is 31.2 Å². The third kappa shape index (κ3) is 17.9. The molecule has 0 radical (unpaired) electrons. The molecule has 14 nitrogen and oxygen atoms in total. The molecule has 0 aliphatic heterocycles. The van der Waals surface area contributed by atoms with Crippen molar-refractivity contribution in [3.8, 4) is 11.5 Å². The number of aliphatic carboxylic acids is 2. The minimum absolute atomic E-state index is 0.0188. The van der Waals surface area contributed by atoms with Crippen LogP contribution in [-0.4, -0.2) is 43.2 Å². The summed E-state index contributed by atoms with van der Waals surface area (Å²) in [6.07, 6.45) is 14.8. The Labute approximate surface area is 336 Å². The molecule has 0 saturated carbocycles. The lowest BCUT2D eigenvalue weighted by Gasteiger charge is -2.26. The van der Waals surface area contributed by atoms with Crippen LogP contribution in [0.25, 0.3) is 0 Å². The van der Waals surface area contributed by atoms with E-state index in [1.165, 1.54) is 94.5 Å². The van der Waals surface area contributed by atoms with Crippen molar-refractivity contribution < 1.29 is 34.2 Å². The molecule has 0 unspecified atom stereocenters. The summed E-state index contributed by atoms with van der Waals surface area (Å²) in [5.41, 5.74) is 3.45. The normalized spacial score (nSPS) is 11.4. The van der Waals surface area contributed by atoms with Gasteiger partial charge in [0.1, 0.15) is 22.9 Å². The minimum Gasteiger partial charge on any atom is -0.550 e. The number of anilines is 1. The standard InChI is InChI=1S/C43H60N6O8/c1-4-6-8-10-12-14-26-48(27-15-13-11-9-7-5-2)36-24-25-37(33(3)30-36)45-47-39-32-40(56-28-16-18-42(50)51)38(31-41(39)57-29-17-19-43(52)53)46-44-34-20-22-35(23-21-34)49(54)55/h20-25,30-32H,4-19,26-29H2,1-3H3,(H,50,51)(H,52,53)/p-2. The van der Waals surface area contributed by atoms with E-state index in [2.05, 4.69) is 51.3 Å². The summed E-state index contributed by atoms with van der Waals surface area (Å²) < 4.78 is 11.9. The van der Waals surface area contributed by atoms with Crippen molar-refractivity contribution in [3.63, 3.8) is 0 Å². The lowest BCUT2D eigenvalue weighted by Crippen LogP contribution is -2.25. The van der Waals surface area contributed by atoms with Crippen LogP contribution in [0.2, 0.25) is 0 Å². The summed E-state index contributed by atoms with van der Waals surface area (Å²) >= 11 is 0. The number of hydrogen-bond acceptors (Lipinski definition) is 13. The van der Waals surface area contributed by atoms with Gasteiger partial charge in [-0.1, -0.05) is 78.1 Å². The summed E-state index contributed by atoms with van der Waals surface area (Å²) in [5.74, 6) is -1.97. The zero-order chi connectivity index (χ0) is 41.3. The molecule has 0 heterocycles. The van der Waals surface area contributed by atoms with E-state index in [1.807, 2.05) is 13.0 Å². The van der Waals surface area contributed by atoms with Crippen molar-refractivity contribution in [2.24, 2.45) is 20.5 Å². The predicted molar refractivity (Wildman–Crippen MR) is 218 cm³/mol. The highest BCUT2D eigenvalue weighted by atomic mass is 16.6. The molecule has 3 aromatic rings. The number of unbranched alkanes of at least 4 members (excludes halogenated alkanes) is 10. The van der Waals surface area contributed by atoms with Gasteiger partial charge in [0.2, 0.25) is 0 Å². The molecule has 0 saturated heterocycles. The van der Waals surface area contributed by atoms with Gasteiger partial charge in [-0.3, -0.25) is 10.1 Å². The number of nitro benzene ring substituents is 1. The van der Waals surface area contributed by atoms with Gasteiger partial charge in [-0.2, -0.15) is 10.2 Å². The van der Waals surface area contributed by atoms with Gasteiger partial charge in [-0.15, -0.1) is 10.2 Å². The molecular formula is C43H58N6O8-2. The first-order chi connectivity index (χ1) is 27.6. The van der Waals surface area contributed by atoms with E-state index in [0.717, 1.165) is 37.2 Å². The maximum Gasteiger partial charge on any atom is 0.269 e. The molecule has 14 heteroatoms. The number of non-ortho nitro benzene ring substituents is 1. The molecule has 310 valence electrons. The van der Waals surface area contributed by atoms with Crippen molar-refractivity contribution in [1.82, 2.24) is 0 Å². The molecule has 0 fully saturated rings. The molecule has 0 spiro atoms. The summed E-state index contributed by atoms with van der Waals surface area (Å²) in [6.45, 7) is 8.51. The van der Waals surface area contributed by atoms with Crippen LogP contribution in [0.5, 0.6) is 11.5 Å². The second-order valence-electron chi connectivity index (χ2n) is 14.1. The molecule has 3 aromatic carbocycles. The number of azo groups is 2. The SMILES string of the molecule is CCCCCCCCN(CCCCCCCC)c1ccc(N=Nc2cc(OCCCC(=O)[O-])c(N=Nc3ccc([N+](=O)[O-])cc3)cc2OCCCC(=O)[O-])c(C)c1. The van der Waals surface area contributed by atoms with Crippen LogP contribution >= 0.6 is 0 Å². The van der Waals surface area contributed by atoms with Gasteiger partial charge in [-0.05, 0) is 81.3 Å². The van der Waals surface area contributed by atoms with Gasteiger partial charge in [0, 0.05) is 55.0 Å². The first-order valence-corrected chi connectivity index (χ1v) is 20.4. The van der Waals surface area contributed by atoms with Crippen LogP contribution in [0, 0.1) is 17.0 Å². The van der Waals surface area contributed by atoms with Crippen molar-refractivity contribution in [3.05, 3.63) is 70.3 Å². The van der Waals surface area contributed by atoms with E-state index >= 15 is 0 Å². The van der Waals surface area contributed by atoms with Gasteiger partial charge < -0.3 is 34.2 Å². The third-order valence-corrected chi connectivity index (χ3v) is 9.31. The molecule has 57 heavy (non-hydrogen) atoms. The maximum absolute atomic E-state index is 11.1. The highest BCUT2D eigenvalue weighted by Gasteiger charge is 2.15. The minimum atomic E-state index is -1.21. The monoisotopic (exact) mass is 786 g/mol. The van der Waals surface area contributed by atoms with E-state index in [0.29, 0.717) is 11.4 Å². The number of carbonyl (C=O) groups excluding carboxylic acids is 2. The summed E-state index contributed by atoms with van der Waals surface area (Å²) in [7, 11) is 0. The molecule has 0 aliphatic carbocycles. The topological polar surface area (TPSA) is 195 Å². The molecule has 3 rings (SSSR count). The molecule has 0 atom stereocenters. The number of nitrogens with zero attached hydrogens (tertiary/aromatic N) is 6. The number of rotatable bonds is 30. The second kappa shape index (κ2) is 26.5. The summed E-state index contributed by atoms with van der Waals surface area (Å²) in [6, 6.07) is 14.7. The van der Waals surface area contributed by atoms with E-state index < -0.39 is 16.9 Å². The molecule has 0 aliphatic rings. The first kappa shape index (κ1) is 46.0. The fraction of sp³-hybridized carbons (Fsp3) is 0.535. The number of nitro groups is 1. The van der Waals surface area contributed by atoms with Crippen molar-refractivity contribution in [2.45, 2.75) is 124 Å². The third-order valence-electron chi connectivity index (χ3n) is 9.31. The van der Waals surface area contributed by atoms with E-state index in [-0.39, 0.29) is 67.5 Å². The predicted octanol–water partition coefficient (Wildman–Crippen LogP) is 10.1. The average Bonchev–Trinajstić information content (AvgIpc) is 3.19. The lowest BCUT2D eigenvalue weighted by molar-refractivity contribution is -0.384.